The number of nitrogen functional groups attached to an aromatic ring is 1. The zero-order chi connectivity index (χ0) is 22.1. The average Bonchev–Trinajstić information content (AvgIpc) is 2.76. The fraction of sp³-hybridized carbons (Fsp3) is 0.391. The maximum absolute atomic E-state index is 12.7. The van der Waals surface area contributed by atoms with Crippen molar-refractivity contribution in [1.82, 2.24) is 0 Å². The van der Waals surface area contributed by atoms with Gasteiger partial charge in [-0.2, -0.15) is 0 Å². The summed E-state index contributed by atoms with van der Waals surface area (Å²) in [6.07, 6.45) is 2.53. The maximum Gasteiger partial charge on any atom is 0.333 e. The molecule has 170 valence electrons. The number of ether oxygens (including phenoxy) is 2. The molecule has 5 N–H and O–H groups in total. The van der Waals surface area contributed by atoms with Crippen LogP contribution < -0.4 is 15.8 Å². The van der Waals surface area contributed by atoms with E-state index in [4.69, 9.17) is 20.6 Å². The van der Waals surface area contributed by atoms with Gasteiger partial charge in [0, 0.05) is 16.8 Å². The number of halogens is 1. The van der Waals surface area contributed by atoms with E-state index in [1.54, 1.807) is 24.3 Å². The van der Waals surface area contributed by atoms with Crippen molar-refractivity contribution in [1.29, 1.82) is 5.41 Å². The minimum atomic E-state index is -0.797. The Morgan fingerprint density at radius 2 is 1.90 bits per heavy atom. The smallest absolute Gasteiger partial charge is 0.333 e. The number of carbonyl (C=O) groups excluding carboxylic acids is 1. The molecular formula is C23H32ClN3O4. The summed E-state index contributed by atoms with van der Waals surface area (Å²) in [5, 5.41) is 20.0. The highest BCUT2D eigenvalue weighted by Gasteiger charge is 2.27. The van der Waals surface area contributed by atoms with E-state index >= 15 is 0 Å². The van der Waals surface area contributed by atoms with Crippen molar-refractivity contribution < 1.29 is 19.4 Å². The molecule has 0 radical (unpaired) electrons. The molecule has 0 amide bonds. The van der Waals surface area contributed by atoms with Crippen LogP contribution in [0.15, 0.2) is 36.4 Å². The van der Waals surface area contributed by atoms with Crippen molar-refractivity contribution in [3.63, 3.8) is 0 Å². The Kier molecular flexibility index (Phi) is 10.9. The van der Waals surface area contributed by atoms with Crippen LogP contribution in [0.5, 0.6) is 5.75 Å². The third-order valence-corrected chi connectivity index (χ3v) is 4.77. The summed E-state index contributed by atoms with van der Waals surface area (Å²) in [6.45, 7) is 4.16. The minimum Gasteiger partial charge on any atom is -0.491 e. The first kappa shape index (κ1) is 26.3. The number of benzene rings is 2. The fourth-order valence-corrected chi connectivity index (χ4v) is 3.27. The summed E-state index contributed by atoms with van der Waals surface area (Å²) >= 11 is 0. The van der Waals surface area contributed by atoms with Crippen LogP contribution in [0.4, 0.5) is 5.69 Å². The molecule has 0 aliphatic heterocycles. The van der Waals surface area contributed by atoms with Gasteiger partial charge in [-0.25, -0.2) is 4.79 Å². The molecule has 0 saturated carbocycles. The van der Waals surface area contributed by atoms with Crippen LogP contribution in [0, 0.1) is 5.41 Å². The van der Waals surface area contributed by atoms with Crippen molar-refractivity contribution in [2.75, 3.05) is 25.6 Å². The van der Waals surface area contributed by atoms with Crippen molar-refractivity contribution in [3.8, 4) is 5.75 Å². The predicted molar refractivity (Wildman–Crippen MR) is 125 cm³/mol. The van der Waals surface area contributed by atoms with Crippen molar-refractivity contribution in [2.45, 2.75) is 39.2 Å². The molecule has 1 atom stereocenters. The fourth-order valence-electron chi connectivity index (χ4n) is 3.27. The van der Waals surface area contributed by atoms with Gasteiger partial charge in [0.2, 0.25) is 0 Å². The molecule has 7 nitrogen and oxygen atoms in total. The zero-order valence-electron chi connectivity index (χ0n) is 18.2. The van der Waals surface area contributed by atoms with Crippen molar-refractivity contribution in [3.05, 3.63) is 58.7 Å². The molecule has 0 bridgehead atoms. The van der Waals surface area contributed by atoms with Crippen LogP contribution in [0.25, 0.3) is 0 Å². The molecule has 8 heteroatoms. The number of amidine groups is 1. The number of nitrogens with one attached hydrogen (secondary N) is 2. The Bertz CT molecular complexity index is 872. The molecule has 0 aromatic heterocycles. The highest BCUT2D eigenvalue weighted by molar-refractivity contribution is 5.95. The van der Waals surface area contributed by atoms with E-state index in [1.807, 2.05) is 6.07 Å². The van der Waals surface area contributed by atoms with Crippen LogP contribution >= 0.6 is 12.4 Å². The summed E-state index contributed by atoms with van der Waals surface area (Å²) in [4.78, 5) is 12.7. The van der Waals surface area contributed by atoms with Crippen molar-refractivity contribution >= 4 is 29.9 Å². The average molecular weight is 450 g/mol. The molecule has 0 heterocycles. The standard InChI is InChI=1S/C23H31N3O4.ClH/c1-4-6-17-13-15(5-2)14-19(21(17)30-12-11-27)20(23(28)29-3)26-18-9-7-16(8-10-18)22(24)25;/h7-10,13-14,20,26-27H,4-6,11-12H2,1-3H3,(H3,24,25);1H. The lowest BCUT2D eigenvalue weighted by atomic mass is 9.95. The van der Waals surface area contributed by atoms with E-state index in [0.717, 1.165) is 30.4 Å². The van der Waals surface area contributed by atoms with Crippen LogP contribution in [0.3, 0.4) is 0 Å². The van der Waals surface area contributed by atoms with E-state index in [-0.39, 0.29) is 31.5 Å². The molecule has 0 aliphatic carbocycles. The molecule has 0 aliphatic rings. The number of aryl methyl sites for hydroxylation is 2. The molecule has 2 aromatic rings. The van der Waals surface area contributed by atoms with Crippen LogP contribution in [-0.2, 0) is 22.4 Å². The first-order chi connectivity index (χ1) is 14.4. The summed E-state index contributed by atoms with van der Waals surface area (Å²) < 4.78 is 11.0. The summed E-state index contributed by atoms with van der Waals surface area (Å²) in [6, 6.07) is 10.2. The number of nitrogens with two attached hydrogens (primary N) is 1. The van der Waals surface area contributed by atoms with Gasteiger partial charge in [-0.15, -0.1) is 12.4 Å². The van der Waals surface area contributed by atoms with Gasteiger partial charge in [0.25, 0.3) is 0 Å². The molecule has 0 fully saturated rings. The Morgan fingerprint density at radius 3 is 2.42 bits per heavy atom. The van der Waals surface area contributed by atoms with Gasteiger partial charge >= 0.3 is 5.97 Å². The van der Waals surface area contributed by atoms with E-state index in [1.165, 1.54) is 7.11 Å². The number of hydrogen-bond donors (Lipinski definition) is 4. The van der Waals surface area contributed by atoms with Crippen LogP contribution in [0.2, 0.25) is 0 Å². The summed E-state index contributed by atoms with van der Waals surface area (Å²) in [5.74, 6) is 0.132. The van der Waals surface area contributed by atoms with Crippen molar-refractivity contribution in [2.24, 2.45) is 5.73 Å². The van der Waals surface area contributed by atoms with E-state index in [0.29, 0.717) is 22.6 Å². The van der Waals surface area contributed by atoms with Gasteiger partial charge in [-0.3, -0.25) is 5.41 Å². The summed E-state index contributed by atoms with van der Waals surface area (Å²) in [7, 11) is 1.35. The molecule has 31 heavy (non-hydrogen) atoms. The first-order valence-corrected chi connectivity index (χ1v) is 10.1. The normalized spacial score (nSPS) is 11.2. The maximum atomic E-state index is 12.7. The van der Waals surface area contributed by atoms with Gasteiger partial charge in [0.05, 0.1) is 13.7 Å². The Balaban J connectivity index is 0.00000480. The number of rotatable bonds is 11. The zero-order valence-corrected chi connectivity index (χ0v) is 19.1. The third kappa shape index (κ3) is 6.87. The molecule has 2 rings (SSSR count). The molecular weight excluding hydrogens is 418 g/mol. The number of anilines is 1. The minimum absolute atomic E-state index is 0. The second-order valence-electron chi connectivity index (χ2n) is 6.94. The van der Waals surface area contributed by atoms with Gasteiger partial charge in [-0.05, 0) is 54.3 Å². The van der Waals surface area contributed by atoms with E-state index < -0.39 is 12.0 Å². The van der Waals surface area contributed by atoms with E-state index in [2.05, 4.69) is 25.2 Å². The quantitative estimate of drug-likeness (QED) is 0.236. The summed E-state index contributed by atoms with van der Waals surface area (Å²) in [5.41, 5.74) is 9.57. The lowest BCUT2D eigenvalue weighted by Gasteiger charge is -2.24. The monoisotopic (exact) mass is 449 g/mol. The van der Waals surface area contributed by atoms with Gasteiger partial charge < -0.3 is 25.6 Å². The number of hydrogen-bond acceptors (Lipinski definition) is 6. The second-order valence-corrected chi connectivity index (χ2v) is 6.94. The van der Waals surface area contributed by atoms with Gasteiger partial charge in [0.1, 0.15) is 18.2 Å². The Hall–Kier alpha value is -2.77. The third-order valence-electron chi connectivity index (χ3n) is 4.77. The number of methoxy groups -OCH3 is 1. The Morgan fingerprint density at radius 1 is 1.23 bits per heavy atom. The lowest BCUT2D eigenvalue weighted by molar-refractivity contribution is -0.141. The molecule has 0 spiro atoms. The highest BCUT2D eigenvalue weighted by atomic mass is 35.5. The second kappa shape index (κ2) is 12.8. The van der Waals surface area contributed by atoms with Gasteiger partial charge in [0.15, 0.2) is 6.04 Å². The molecule has 0 saturated heterocycles. The van der Waals surface area contributed by atoms with Crippen LogP contribution in [-0.4, -0.2) is 37.2 Å². The van der Waals surface area contributed by atoms with E-state index in [9.17, 15) is 9.90 Å². The number of aliphatic hydroxyl groups excluding tert-OH is 1. The first-order valence-electron chi connectivity index (χ1n) is 10.1. The highest BCUT2D eigenvalue weighted by Crippen LogP contribution is 2.35. The number of carbonyl (C=O) groups is 1. The number of esters is 1. The molecule has 1 unspecified atom stereocenters. The topological polar surface area (TPSA) is 118 Å². The predicted octanol–water partition coefficient (Wildman–Crippen LogP) is 3.60. The lowest BCUT2D eigenvalue weighted by Crippen LogP contribution is -2.24. The number of aliphatic hydroxyl groups is 1. The SMILES string of the molecule is CCCc1cc(CC)cc(C(Nc2ccc(C(=N)N)cc2)C(=O)OC)c1OCCO.Cl. The van der Waals surface area contributed by atoms with Crippen LogP contribution in [0.1, 0.15) is 48.6 Å². The molecule has 2 aromatic carbocycles. The largest absolute Gasteiger partial charge is 0.491 e. The van der Waals surface area contributed by atoms with Gasteiger partial charge in [-0.1, -0.05) is 26.3 Å². The Labute approximate surface area is 189 Å².